The van der Waals surface area contributed by atoms with Crippen molar-refractivity contribution >= 4 is 38.1 Å². The summed E-state index contributed by atoms with van der Waals surface area (Å²) in [7, 11) is -1.40. The van der Waals surface area contributed by atoms with Gasteiger partial charge >= 0.3 is 0 Å². The minimum atomic E-state index is -3.03. The van der Waals surface area contributed by atoms with Crippen molar-refractivity contribution < 1.29 is 22.4 Å². The molecular weight excluding hydrogens is 386 g/mol. The van der Waals surface area contributed by atoms with Crippen molar-refractivity contribution in [3.63, 3.8) is 0 Å². The van der Waals surface area contributed by atoms with Gasteiger partial charge in [0.15, 0.2) is 16.4 Å². The molecule has 4 rings (SSSR count). The Bertz CT molecular complexity index is 1070. The van der Waals surface area contributed by atoms with Gasteiger partial charge in [-0.25, -0.2) is 8.42 Å². The molecule has 0 aliphatic carbocycles. The predicted octanol–water partition coefficient (Wildman–Crippen LogP) is 3.19. The third-order valence-electron chi connectivity index (χ3n) is 4.89. The molecule has 3 heterocycles. The van der Waals surface area contributed by atoms with Crippen molar-refractivity contribution in [3.05, 3.63) is 41.3 Å². The number of likely N-dealkylation sites (N-methyl/N-ethyl adjacent to an activating group) is 1. The molecule has 0 saturated carbocycles. The number of sulfone groups is 1. The second-order valence-corrected chi connectivity index (χ2v) is 9.68. The molecule has 1 amide bonds. The van der Waals surface area contributed by atoms with Crippen LogP contribution < -0.4 is 4.74 Å². The normalized spacial score (nSPS) is 18.6. The number of benzene rings is 1. The molecule has 0 unspecified atom stereocenters. The second-order valence-electron chi connectivity index (χ2n) is 6.67. The summed E-state index contributed by atoms with van der Waals surface area (Å²) in [5.41, 5.74) is 2.81. The first-order chi connectivity index (χ1) is 12.9. The Morgan fingerprint density at radius 1 is 1.37 bits per heavy atom. The number of nitrogens with zero attached hydrogens (tertiary/aromatic N) is 1. The molecule has 0 bridgehead atoms. The molecule has 1 aliphatic rings. The summed E-state index contributed by atoms with van der Waals surface area (Å²) in [6.45, 7) is -0.135. The van der Waals surface area contributed by atoms with Crippen LogP contribution in [0.2, 0.25) is 0 Å². The number of rotatable bonds is 5. The van der Waals surface area contributed by atoms with Crippen molar-refractivity contribution in [1.29, 1.82) is 0 Å². The fraction of sp³-hybridized carbons (Fsp3) is 0.316. The van der Waals surface area contributed by atoms with E-state index in [1.807, 2.05) is 29.0 Å². The molecule has 0 radical (unpaired) electrons. The Morgan fingerprint density at radius 2 is 2.22 bits per heavy atom. The Morgan fingerprint density at radius 3 is 2.93 bits per heavy atom. The first-order valence-electron chi connectivity index (χ1n) is 8.56. The number of carbonyl (C=O) groups excluding carboxylic acids is 1. The summed E-state index contributed by atoms with van der Waals surface area (Å²) in [6.07, 6.45) is 2.20. The lowest BCUT2D eigenvalue weighted by atomic mass is 10.1. The fourth-order valence-corrected chi connectivity index (χ4v) is 5.70. The fourth-order valence-electron chi connectivity index (χ4n) is 3.27. The molecule has 142 valence electrons. The minimum Gasteiger partial charge on any atom is -0.484 e. The van der Waals surface area contributed by atoms with E-state index in [2.05, 4.69) is 0 Å². The number of hydrogen-bond donors (Lipinski definition) is 0. The molecule has 3 aromatic rings. The summed E-state index contributed by atoms with van der Waals surface area (Å²) in [5, 5.41) is 4.98. The summed E-state index contributed by atoms with van der Waals surface area (Å²) in [5.74, 6) is 0.502. The maximum absolute atomic E-state index is 12.4. The lowest BCUT2D eigenvalue weighted by Gasteiger charge is -2.23. The van der Waals surface area contributed by atoms with Crippen molar-refractivity contribution in [3.8, 4) is 16.9 Å². The zero-order chi connectivity index (χ0) is 19.0. The first-order valence-corrected chi connectivity index (χ1v) is 11.3. The van der Waals surface area contributed by atoms with E-state index in [0.29, 0.717) is 12.2 Å². The minimum absolute atomic E-state index is 0.0280. The number of hydrogen-bond acceptors (Lipinski definition) is 6. The molecule has 2 aromatic heterocycles. The Hall–Kier alpha value is -2.32. The largest absolute Gasteiger partial charge is 0.484 e. The highest BCUT2D eigenvalue weighted by Gasteiger charge is 2.32. The standard InChI is InChI=1S/C19H19NO5S2/c1-20(14-5-7-27(22,23)12-14)19(21)10-24-15-2-3-18-16(8-15)17(9-25-18)13-4-6-26-11-13/h2-4,6,8-9,11,14H,5,7,10,12H2,1H3/t14-/m1/s1. The van der Waals surface area contributed by atoms with E-state index in [1.165, 1.54) is 4.90 Å². The van der Waals surface area contributed by atoms with E-state index in [0.717, 1.165) is 22.1 Å². The molecule has 1 aromatic carbocycles. The molecule has 1 atom stereocenters. The quantitative estimate of drug-likeness (QED) is 0.652. The highest BCUT2D eigenvalue weighted by atomic mass is 32.2. The average molecular weight is 405 g/mol. The molecule has 0 spiro atoms. The lowest BCUT2D eigenvalue weighted by Crippen LogP contribution is -2.40. The molecule has 0 N–H and O–H groups in total. The number of furan rings is 1. The van der Waals surface area contributed by atoms with Crippen LogP contribution in [-0.2, 0) is 14.6 Å². The summed E-state index contributed by atoms with van der Waals surface area (Å²) in [4.78, 5) is 13.9. The number of amides is 1. The number of fused-ring (bicyclic) bond motifs is 1. The van der Waals surface area contributed by atoms with E-state index in [-0.39, 0.29) is 30.1 Å². The molecule has 6 nitrogen and oxygen atoms in total. The van der Waals surface area contributed by atoms with Crippen molar-refractivity contribution in [2.24, 2.45) is 0 Å². The predicted molar refractivity (Wildman–Crippen MR) is 105 cm³/mol. The van der Waals surface area contributed by atoms with Crippen LogP contribution in [0.25, 0.3) is 22.1 Å². The van der Waals surface area contributed by atoms with Gasteiger partial charge in [-0.1, -0.05) is 0 Å². The third kappa shape index (κ3) is 3.72. The van der Waals surface area contributed by atoms with Gasteiger partial charge in [0.25, 0.3) is 5.91 Å². The number of ether oxygens (including phenoxy) is 1. The molecular formula is C19H19NO5S2. The maximum atomic E-state index is 12.4. The Balaban J connectivity index is 1.46. The Kier molecular flexibility index (Phi) is 4.69. The molecule has 1 saturated heterocycles. The maximum Gasteiger partial charge on any atom is 0.260 e. The van der Waals surface area contributed by atoms with Gasteiger partial charge in [-0.2, -0.15) is 11.3 Å². The smallest absolute Gasteiger partial charge is 0.260 e. The van der Waals surface area contributed by atoms with Crippen LogP contribution >= 0.6 is 11.3 Å². The van der Waals surface area contributed by atoms with Gasteiger partial charge in [0.05, 0.1) is 17.8 Å². The summed E-state index contributed by atoms with van der Waals surface area (Å²) < 4.78 is 34.5. The van der Waals surface area contributed by atoms with Crippen molar-refractivity contribution in [2.45, 2.75) is 12.5 Å². The SMILES string of the molecule is CN(C(=O)COc1ccc2occ(-c3ccsc3)c2c1)[C@@H]1CCS(=O)(=O)C1. The first kappa shape index (κ1) is 18.1. The van der Waals surface area contributed by atoms with Crippen LogP contribution in [0.5, 0.6) is 5.75 Å². The van der Waals surface area contributed by atoms with E-state index in [1.54, 1.807) is 30.7 Å². The van der Waals surface area contributed by atoms with Gasteiger partial charge < -0.3 is 14.1 Å². The van der Waals surface area contributed by atoms with Crippen molar-refractivity contribution in [1.82, 2.24) is 4.90 Å². The van der Waals surface area contributed by atoms with Crippen LogP contribution in [0.1, 0.15) is 6.42 Å². The van der Waals surface area contributed by atoms with Crippen molar-refractivity contribution in [2.75, 3.05) is 25.2 Å². The van der Waals surface area contributed by atoms with Crippen LogP contribution in [-0.4, -0.2) is 50.4 Å². The van der Waals surface area contributed by atoms with Gasteiger partial charge in [0.1, 0.15) is 11.3 Å². The van der Waals surface area contributed by atoms with E-state index in [4.69, 9.17) is 9.15 Å². The summed E-state index contributed by atoms with van der Waals surface area (Å²) >= 11 is 1.61. The van der Waals surface area contributed by atoms with Gasteiger partial charge in [-0.3, -0.25) is 4.79 Å². The monoisotopic (exact) mass is 405 g/mol. The van der Waals surface area contributed by atoms with E-state index >= 15 is 0 Å². The zero-order valence-electron chi connectivity index (χ0n) is 14.8. The highest BCUT2D eigenvalue weighted by molar-refractivity contribution is 7.91. The second kappa shape index (κ2) is 7.01. The van der Waals surface area contributed by atoms with Crippen LogP contribution in [0.3, 0.4) is 0 Å². The van der Waals surface area contributed by atoms with E-state index in [9.17, 15) is 13.2 Å². The third-order valence-corrected chi connectivity index (χ3v) is 7.32. The zero-order valence-corrected chi connectivity index (χ0v) is 16.4. The molecule has 8 heteroatoms. The highest BCUT2D eigenvalue weighted by Crippen LogP contribution is 2.34. The van der Waals surface area contributed by atoms with Gasteiger partial charge in [0, 0.05) is 24.0 Å². The number of thiophene rings is 1. The summed E-state index contributed by atoms with van der Waals surface area (Å²) in [6, 6.07) is 7.19. The van der Waals surface area contributed by atoms with E-state index < -0.39 is 9.84 Å². The molecule has 1 fully saturated rings. The lowest BCUT2D eigenvalue weighted by molar-refractivity contribution is -0.133. The van der Waals surface area contributed by atoms with Crippen LogP contribution in [0.4, 0.5) is 0 Å². The molecule has 27 heavy (non-hydrogen) atoms. The topological polar surface area (TPSA) is 76.8 Å². The average Bonchev–Trinajstić information content (AvgIpc) is 3.37. The van der Waals surface area contributed by atoms with Gasteiger partial charge in [-0.15, -0.1) is 0 Å². The van der Waals surface area contributed by atoms with Crippen LogP contribution in [0.15, 0.2) is 45.7 Å². The Labute approximate surface area is 161 Å². The van der Waals surface area contributed by atoms with Crippen LogP contribution in [0, 0.1) is 0 Å². The van der Waals surface area contributed by atoms with Gasteiger partial charge in [-0.05, 0) is 47.0 Å². The molecule has 1 aliphatic heterocycles. The number of carbonyl (C=O) groups is 1. The van der Waals surface area contributed by atoms with Gasteiger partial charge in [0.2, 0.25) is 0 Å².